The van der Waals surface area contributed by atoms with E-state index in [1.165, 1.54) is 29.1 Å². The number of nitrogens with one attached hydrogen (secondary N) is 1. The molecule has 0 spiro atoms. The fourth-order valence-corrected chi connectivity index (χ4v) is 2.04. The van der Waals surface area contributed by atoms with Gasteiger partial charge in [0.1, 0.15) is 11.4 Å². The lowest BCUT2D eigenvalue weighted by atomic mass is 10.1. The minimum atomic E-state index is -0.654. The van der Waals surface area contributed by atoms with Gasteiger partial charge in [0.2, 0.25) is 0 Å². The minimum Gasteiger partial charge on any atom is -0.384 e. The number of nitro groups is 1. The zero-order valence-corrected chi connectivity index (χ0v) is 11.8. The lowest BCUT2D eigenvalue weighted by molar-refractivity contribution is -0.385. The van der Waals surface area contributed by atoms with Crippen molar-refractivity contribution in [2.45, 2.75) is 6.54 Å². The molecule has 0 fully saturated rings. The topological polar surface area (TPSA) is 116 Å². The lowest BCUT2D eigenvalue weighted by Crippen LogP contribution is -2.24. The highest BCUT2D eigenvalue weighted by Crippen LogP contribution is 2.26. The quantitative estimate of drug-likeness (QED) is 0.655. The SMILES string of the molecule is Cn1ncc(CNC(=O)c2c(Cl)cccc2[N+](=O)[O-])c1N. The van der Waals surface area contributed by atoms with Crippen molar-refractivity contribution in [2.75, 3.05) is 5.73 Å². The molecule has 0 radical (unpaired) electrons. The molecule has 0 bridgehead atoms. The first-order chi connectivity index (χ1) is 9.91. The number of benzene rings is 1. The molecule has 1 amide bonds. The molecule has 2 aromatic rings. The Labute approximate surface area is 124 Å². The van der Waals surface area contributed by atoms with Crippen LogP contribution >= 0.6 is 11.6 Å². The second-order valence-electron chi connectivity index (χ2n) is 4.25. The van der Waals surface area contributed by atoms with E-state index < -0.39 is 10.8 Å². The number of nitro benzene ring substituents is 1. The Kier molecular flexibility index (Phi) is 4.08. The molecule has 21 heavy (non-hydrogen) atoms. The number of amides is 1. The van der Waals surface area contributed by atoms with Crippen molar-refractivity contribution in [3.63, 3.8) is 0 Å². The number of nitrogen functional groups attached to an aromatic ring is 1. The van der Waals surface area contributed by atoms with Crippen LogP contribution in [0.4, 0.5) is 11.5 Å². The van der Waals surface area contributed by atoms with E-state index in [0.717, 1.165) is 0 Å². The average molecular weight is 310 g/mol. The maximum absolute atomic E-state index is 12.1. The summed E-state index contributed by atoms with van der Waals surface area (Å²) in [5, 5.41) is 17.4. The van der Waals surface area contributed by atoms with Crippen molar-refractivity contribution < 1.29 is 9.72 Å². The molecule has 0 aliphatic carbocycles. The number of carbonyl (C=O) groups excluding carboxylic acids is 1. The molecular formula is C12H12ClN5O3. The van der Waals surface area contributed by atoms with Gasteiger partial charge in [-0.3, -0.25) is 19.6 Å². The van der Waals surface area contributed by atoms with E-state index >= 15 is 0 Å². The number of rotatable bonds is 4. The van der Waals surface area contributed by atoms with Gasteiger partial charge in [-0.1, -0.05) is 17.7 Å². The Morgan fingerprint density at radius 1 is 1.57 bits per heavy atom. The van der Waals surface area contributed by atoms with E-state index in [1.807, 2.05) is 0 Å². The second-order valence-corrected chi connectivity index (χ2v) is 4.66. The van der Waals surface area contributed by atoms with Crippen LogP contribution in [0.3, 0.4) is 0 Å². The zero-order valence-electron chi connectivity index (χ0n) is 11.0. The molecule has 1 heterocycles. The molecule has 0 saturated heterocycles. The maximum Gasteiger partial charge on any atom is 0.283 e. The third-order valence-electron chi connectivity index (χ3n) is 2.92. The van der Waals surface area contributed by atoms with Crippen molar-refractivity contribution >= 4 is 29.0 Å². The van der Waals surface area contributed by atoms with Gasteiger partial charge in [0.05, 0.1) is 16.1 Å². The molecule has 9 heteroatoms. The molecule has 110 valence electrons. The van der Waals surface area contributed by atoms with Crippen molar-refractivity contribution in [3.8, 4) is 0 Å². The van der Waals surface area contributed by atoms with Crippen LogP contribution in [0, 0.1) is 10.1 Å². The summed E-state index contributed by atoms with van der Waals surface area (Å²) in [7, 11) is 1.67. The van der Waals surface area contributed by atoms with Gasteiger partial charge in [-0.2, -0.15) is 5.10 Å². The summed E-state index contributed by atoms with van der Waals surface area (Å²) in [6, 6.07) is 4.05. The van der Waals surface area contributed by atoms with Crippen molar-refractivity contribution in [3.05, 3.63) is 50.7 Å². The first kappa shape index (κ1) is 14.8. The summed E-state index contributed by atoms with van der Waals surface area (Å²) >= 11 is 5.88. The van der Waals surface area contributed by atoms with Crippen LogP contribution in [0.5, 0.6) is 0 Å². The molecule has 0 unspecified atom stereocenters. The van der Waals surface area contributed by atoms with Gasteiger partial charge in [-0.25, -0.2) is 0 Å². The van der Waals surface area contributed by atoms with Crippen molar-refractivity contribution in [1.29, 1.82) is 0 Å². The predicted octanol–water partition coefficient (Wildman–Crippen LogP) is 1.49. The van der Waals surface area contributed by atoms with Crippen LogP contribution in [-0.4, -0.2) is 20.6 Å². The Morgan fingerprint density at radius 3 is 2.86 bits per heavy atom. The van der Waals surface area contributed by atoms with Crippen molar-refractivity contribution in [1.82, 2.24) is 15.1 Å². The van der Waals surface area contributed by atoms with Gasteiger partial charge in [0, 0.05) is 25.2 Å². The van der Waals surface area contributed by atoms with Crippen LogP contribution in [-0.2, 0) is 13.6 Å². The third kappa shape index (κ3) is 2.95. The largest absolute Gasteiger partial charge is 0.384 e. The highest BCUT2D eigenvalue weighted by Gasteiger charge is 2.23. The molecule has 1 aromatic heterocycles. The number of nitrogens with two attached hydrogens (primary N) is 1. The van der Waals surface area contributed by atoms with E-state index in [4.69, 9.17) is 17.3 Å². The van der Waals surface area contributed by atoms with E-state index in [0.29, 0.717) is 11.4 Å². The lowest BCUT2D eigenvalue weighted by Gasteiger charge is -2.07. The number of aromatic nitrogens is 2. The van der Waals surface area contributed by atoms with Crippen LogP contribution < -0.4 is 11.1 Å². The van der Waals surface area contributed by atoms with Crippen LogP contribution in [0.1, 0.15) is 15.9 Å². The average Bonchev–Trinajstić information content (AvgIpc) is 2.76. The van der Waals surface area contributed by atoms with Gasteiger partial charge < -0.3 is 11.1 Å². The Hall–Kier alpha value is -2.61. The number of carbonyl (C=O) groups is 1. The predicted molar refractivity (Wildman–Crippen MR) is 76.9 cm³/mol. The molecular weight excluding hydrogens is 298 g/mol. The van der Waals surface area contributed by atoms with Gasteiger partial charge in [0.15, 0.2) is 0 Å². The molecule has 8 nitrogen and oxygen atoms in total. The number of hydrogen-bond donors (Lipinski definition) is 2. The first-order valence-corrected chi connectivity index (χ1v) is 6.27. The molecule has 0 aliphatic rings. The minimum absolute atomic E-state index is 0.0147. The van der Waals surface area contributed by atoms with E-state index in [-0.39, 0.29) is 22.8 Å². The Bertz CT molecular complexity index is 713. The second kappa shape index (κ2) is 5.80. The van der Waals surface area contributed by atoms with Gasteiger partial charge in [0.25, 0.3) is 11.6 Å². The van der Waals surface area contributed by atoms with Crippen LogP contribution in [0.15, 0.2) is 24.4 Å². The molecule has 0 aliphatic heterocycles. The van der Waals surface area contributed by atoms with Crippen LogP contribution in [0.25, 0.3) is 0 Å². The van der Waals surface area contributed by atoms with Crippen molar-refractivity contribution in [2.24, 2.45) is 7.05 Å². The maximum atomic E-state index is 12.1. The van der Waals surface area contributed by atoms with Gasteiger partial charge in [-0.05, 0) is 6.07 Å². The number of aryl methyl sites for hydroxylation is 1. The zero-order chi connectivity index (χ0) is 15.6. The number of hydrogen-bond acceptors (Lipinski definition) is 5. The molecule has 0 saturated carbocycles. The molecule has 0 atom stereocenters. The summed E-state index contributed by atoms with van der Waals surface area (Å²) in [6.07, 6.45) is 1.51. The smallest absolute Gasteiger partial charge is 0.283 e. The fraction of sp³-hybridized carbons (Fsp3) is 0.167. The molecule has 1 aromatic carbocycles. The summed E-state index contributed by atoms with van der Waals surface area (Å²) in [4.78, 5) is 22.4. The van der Waals surface area contributed by atoms with Gasteiger partial charge in [-0.15, -0.1) is 0 Å². The Morgan fingerprint density at radius 2 is 2.29 bits per heavy atom. The van der Waals surface area contributed by atoms with Crippen LogP contribution in [0.2, 0.25) is 5.02 Å². The van der Waals surface area contributed by atoms with E-state index in [9.17, 15) is 14.9 Å². The Balaban J connectivity index is 2.21. The van der Waals surface area contributed by atoms with E-state index in [1.54, 1.807) is 7.05 Å². The fourth-order valence-electron chi connectivity index (χ4n) is 1.78. The summed E-state index contributed by atoms with van der Waals surface area (Å²) in [5.41, 5.74) is 5.84. The molecule has 3 N–H and O–H groups in total. The summed E-state index contributed by atoms with van der Waals surface area (Å²) in [5.74, 6) is -0.237. The number of halogens is 1. The number of nitrogens with zero attached hydrogens (tertiary/aromatic N) is 3. The van der Waals surface area contributed by atoms with Gasteiger partial charge >= 0.3 is 0 Å². The highest BCUT2D eigenvalue weighted by atomic mass is 35.5. The van der Waals surface area contributed by atoms with E-state index in [2.05, 4.69) is 10.4 Å². The summed E-state index contributed by atoms with van der Waals surface area (Å²) < 4.78 is 1.46. The summed E-state index contributed by atoms with van der Waals surface area (Å²) in [6.45, 7) is 0.0981. The highest BCUT2D eigenvalue weighted by molar-refractivity contribution is 6.34. The monoisotopic (exact) mass is 309 g/mol. The first-order valence-electron chi connectivity index (χ1n) is 5.89. The number of anilines is 1. The third-order valence-corrected chi connectivity index (χ3v) is 3.23. The molecule has 2 rings (SSSR count). The standard InChI is InChI=1S/C12H12ClN5O3/c1-17-11(14)7(6-16-17)5-15-12(19)10-8(13)3-2-4-9(10)18(20)21/h2-4,6H,5,14H2,1H3,(H,15,19). The normalized spacial score (nSPS) is 10.4.